The van der Waals surface area contributed by atoms with Gasteiger partial charge in [0.05, 0.1) is 19.0 Å². The van der Waals surface area contributed by atoms with Gasteiger partial charge in [0.1, 0.15) is 17.8 Å². The van der Waals surface area contributed by atoms with Crippen LogP contribution in [0.5, 0.6) is 0 Å². The quantitative estimate of drug-likeness (QED) is 0.508. The lowest BCUT2D eigenvalue weighted by Crippen LogP contribution is -2.42. The summed E-state index contributed by atoms with van der Waals surface area (Å²) in [7, 11) is -0.934. The van der Waals surface area contributed by atoms with Crippen molar-refractivity contribution in [2.75, 3.05) is 25.2 Å². The summed E-state index contributed by atoms with van der Waals surface area (Å²) in [4.78, 5) is 23.3. The monoisotopic (exact) mass is 410 g/mol. The Labute approximate surface area is 165 Å². The Bertz CT molecular complexity index is 852. The number of anilines is 2. The highest BCUT2D eigenvalue weighted by atomic mass is 28.4. The van der Waals surface area contributed by atoms with Gasteiger partial charge >= 0.3 is 0 Å². The first kappa shape index (κ1) is 20.9. The van der Waals surface area contributed by atoms with E-state index in [0.717, 1.165) is 0 Å². The molecule has 4 atom stereocenters. The van der Waals surface area contributed by atoms with Crippen molar-refractivity contribution in [3.8, 4) is 0 Å². The third kappa shape index (κ3) is 3.60. The number of aromatic nitrogens is 4. The molecule has 0 bridgehead atoms. The lowest BCUT2D eigenvalue weighted by Gasteiger charge is -2.38. The van der Waals surface area contributed by atoms with E-state index in [2.05, 4.69) is 15.0 Å². The molecule has 3 rings (SSSR count). The highest BCUT2D eigenvalue weighted by molar-refractivity contribution is 6.72. The second kappa shape index (κ2) is 7.23. The van der Waals surface area contributed by atoms with Gasteiger partial charge in [0.15, 0.2) is 19.8 Å². The summed E-state index contributed by atoms with van der Waals surface area (Å²) in [5.41, 5.74) is 12.6. The molecule has 1 aliphatic rings. The second-order valence-corrected chi connectivity index (χ2v) is 13.1. The molecule has 11 heteroatoms. The topological polar surface area (TPSA) is 155 Å². The van der Waals surface area contributed by atoms with E-state index < -0.39 is 26.8 Å². The van der Waals surface area contributed by atoms with Crippen molar-refractivity contribution >= 4 is 31.2 Å². The summed E-state index contributed by atoms with van der Waals surface area (Å²) in [6.45, 7) is 8.10. The number of ether oxygens (including phenoxy) is 2. The third-order valence-electron chi connectivity index (χ3n) is 5.97. The molecule has 0 amide bonds. The molecule has 1 saturated heterocycles. The minimum absolute atomic E-state index is 0.0412. The lowest BCUT2D eigenvalue weighted by molar-refractivity contribution is -0.0540. The minimum atomic E-state index is -2.50. The molecule has 1 aliphatic heterocycles. The molecule has 3 heterocycles. The molecule has 10 nitrogen and oxygen atoms in total. The van der Waals surface area contributed by atoms with Crippen LogP contribution >= 0.6 is 0 Å². The molecular weight excluding hydrogens is 380 g/mol. The molecule has 0 aromatic carbocycles. The van der Waals surface area contributed by atoms with Crippen molar-refractivity contribution in [1.82, 2.24) is 19.5 Å². The zero-order valence-corrected chi connectivity index (χ0v) is 18.0. The molecule has 156 valence electrons. The van der Waals surface area contributed by atoms with Gasteiger partial charge in [-0.2, -0.15) is 9.97 Å². The van der Waals surface area contributed by atoms with Crippen LogP contribution in [0.2, 0.25) is 18.1 Å². The Morgan fingerprint density at radius 1 is 1.32 bits per heavy atom. The number of aliphatic hydroxyl groups is 1. The fourth-order valence-corrected chi connectivity index (χ4v) is 4.32. The summed E-state index contributed by atoms with van der Waals surface area (Å²) >= 11 is 0. The maximum atomic E-state index is 11.0. The van der Waals surface area contributed by atoms with E-state index in [4.69, 9.17) is 20.9 Å². The van der Waals surface area contributed by atoms with Crippen LogP contribution < -0.4 is 11.5 Å². The van der Waals surface area contributed by atoms with Crippen molar-refractivity contribution in [3.63, 3.8) is 0 Å². The number of fused-ring (bicyclic) bond motifs is 1. The van der Waals surface area contributed by atoms with Crippen LogP contribution in [0.15, 0.2) is 6.33 Å². The van der Waals surface area contributed by atoms with Crippen molar-refractivity contribution in [2.45, 2.75) is 56.8 Å². The van der Waals surface area contributed by atoms with Gasteiger partial charge in [-0.05, 0) is 24.6 Å². The average molecular weight is 411 g/mol. The molecular formula is C17H30N6O4Si. The summed E-state index contributed by atoms with van der Waals surface area (Å²) in [5, 5.41) is 10.6. The number of imidazole rings is 1. The normalized spacial score (nSPS) is 26.2. The van der Waals surface area contributed by atoms with Crippen LogP contribution in [-0.4, -0.2) is 63.7 Å². The first-order valence-electron chi connectivity index (χ1n) is 9.26. The first-order chi connectivity index (χ1) is 13.0. The Kier molecular flexibility index (Phi) is 5.40. The summed E-state index contributed by atoms with van der Waals surface area (Å²) < 4.78 is 13.1. The van der Waals surface area contributed by atoms with Gasteiger partial charge in [0.2, 0.25) is 5.95 Å². The zero-order valence-electron chi connectivity index (χ0n) is 17.0. The van der Waals surface area contributed by atoms with E-state index in [1.165, 1.54) is 0 Å². The Morgan fingerprint density at radius 2 is 2.00 bits per heavy atom. The van der Waals surface area contributed by atoms with Gasteiger partial charge in [0, 0.05) is 13.0 Å². The molecule has 0 spiro atoms. The van der Waals surface area contributed by atoms with Crippen LogP contribution in [0, 0.1) is 5.92 Å². The van der Waals surface area contributed by atoms with Crippen LogP contribution in [0.25, 0.3) is 11.2 Å². The van der Waals surface area contributed by atoms with Gasteiger partial charge < -0.3 is 30.8 Å². The van der Waals surface area contributed by atoms with Crippen molar-refractivity contribution in [2.24, 2.45) is 5.92 Å². The van der Waals surface area contributed by atoms with Gasteiger partial charge in [-0.15, -0.1) is 0 Å². The molecule has 28 heavy (non-hydrogen) atoms. The van der Waals surface area contributed by atoms with Crippen LogP contribution in [-0.2, 0) is 9.47 Å². The van der Waals surface area contributed by atoms with E-state index in [-0.39, 0.29) is 29.3 Å². The maximum Gasteiger partial charge on any atom is 0.224 e. The molecule has 0 radical (unpaired) electrons. The Balaban J connectivity index is 2.04. The number of nitrogens with two attached hydrogens (primary N) is 2. The van der Waals surface area contributed by atoms with Crippen LogP contribution in [0.4, 0.5) is 11.8 Å². The van der Waals surface area contributed by atoms with E-state index in [0.29, 0.717) is 17.6 Å². The molecule has 1 fully saturated rings. The van der Waals surface area contributed by atoms with Crippen molar-refractivity contribution in [3.05, 3.63) is 6.33 Å². The second-order valence-electron chi connectivity index (χ2n) is 8.61. The maximum absolute atomic E-state index is 11.0. The fraction of sp³-hybridized carbons (Fsp3) is 0.706. The van der Waals surface area contributed by atoms with E-state index >= 15 is 0 Å². The molecule has 0 aliphatic carbocycles. The predicted molar refractivity (Wildman–Crippen MR) is 108 cm³/mol. The first-order valence-corrected chi connectivity index (χ1v) is 12.2. The minimum Gasteiger partial charge on any atom is -0.432 e. The number of methoxy groups -OCH3 is 1. The van der Waals surface area contributed by atoms with Crippen LogP contribution in [0.3, 0.4) is 0 Å². The van der Waals surface area contributed by atoms with E-state index in [9.17, 15) is 9.90 Å². The van der Waals surface area contributed by atoms with Gasteiger partial charge in [0.25, 0.3) is 0 Å². The lowest BCUT2D eigenvalue weighted by atomic mass is 9.89. The highest BCUT2D eigenvalue weighted by Crippen LogP contribution is 2.49. The predicted octanol–water partition coefficient (Wildman–Crippen LogP) is 0.879. The average Bonchev–Trinajstić information content (AvgIpc) is 3.10. The Morgan fingerprint density at radius 3 is 2.61 bits per heavy atom. The smallest absolute Gasteiger partial charge is 0.224 e. The van der Waals surface area contributed by atoms with Gasteiger partial charge in [-0.25, -0.2) is 4.98 Å². The highest BCUT2D eigenvalue weighted by Gasteiger charge is 2.50. The van der Waals surface area contributed by atoms with Crippen LogP contribution in [0.1, 0.15) is 26.5 Å². The van der Waals surface area contributed by atoms with Crippen molar-refractivity contribution in [1.29, 1.82) is 0 Å². The largest absolute Gasteiger partial charge is 0.432 e. The van der Waals surface area contributed by atoms with E-state index in [1.807, 2.05) is 26.9 Å². The summed E-state index contributed by atoms with van der Waals surface area (Å²) in [6.07, 6.45) is 0.306. The fourth-order valence-electron chi connectivity index (χ4n) is 3.58. The third-order valence-corrected chi connectivity index (χ3v) is 9.49. The van der Waals surface area contributed by atoms with Gasteiger partial charge in [-0.3, -0.25) is 4.57 Å². The van der Waals surface area contributed by atoms with Gasteiger partial charge in [-0.1, -0.05) is 13.8 Å². The molecule has 0 saturated carbocycles. The number of hydrogen-bond donors (Lipinski definition) is 4. The molecule has 2 unspecified atom stereocenters. The number of aliphatic hydroxyl groups excluding tert-OH is 1. The van der Waals surface area contributed by atoms with E-state index in [1.54, 1.807) is 18.0 Å². The number of rotatable bonds is 6. The summed E-state index contributed by atoms with van der Waals surface area (Å²) in [6, 6.07) is 0. The number of hydrogen-bond acceptors (Lipinski definition) is 9. The molecule has 2 aromatic heterocycles. The SMILES string of the molecule is COC[C@H]1O[C@@H](n2cnc3c(N)nc(N)nc32)C(CC(C)(C)[Si](C)(C)O)C1O. The Hall–Kier alpha value is -1.79. The number of nitrogen functional groups attached to an aromatic ring is 2. The van der Waals surface area contributed by atoms with Crippen molar-refractivity contribution < 1.29 is 19.4 Å². The molecule has 2 aromatic rings. The number of nitrogens with zero attached hydrogens (tertiary/aromatic N) is 4. The standard InChI is InChI=1S/C17H30N6O4Si/c1-17(2,28(4,5)25)6-9-12(24)10(7-26-3)27-15(9)23-8-20-11-13(18)21-16(19)22-14(11)23/h8-10,12,15,24-25H,6-7H2,1-5H3,(H4,18,19,21,22)/t9?,10-,12?,15-/m1/s1. The zero-order chi connectivity index (χ0) is 20.9. The molecule has 6 N–H and O–H groups in total. The summed E-state index contributed by atoms with van der Waals surface area (Å²) in [5.74, 6) is -0.0718.